The first-order valence-electron chi connectivity index (χ1n) is 6.97. The second kappa shape index (κ2) is 6.85. The van der Waals surface area contributed by atoms with Gasteiger partial charge in [0.05, 0.1) is 24.8 Å². The summed E-state index contributed by atoms with van der Waals surface area (Å²) in [6.07, 6.45) is 5.10. The van der Waals surface area contributed by atoms with E-state index in [1.54, 1.807) is 23.9 Å². The van der Waals surface area contributed by atoms with Crippen molar-refractivity contribution in [2.75, 3.05) is 0 Å². The number of carbonyl (C=O) groups excluding carboxylic acids is 1. The van der Waals surface area contributed by atoms with Gasteiger partial charge in [0.2, 0.25) is 0 Å². The third kappa shape index (κ3) is 3.26. The number of nitrogens with one attached hydrogen (secondary N) is 1. The van der Waals surface area contributed by atoms with Gasteiger partial charge in [0.1, 0.15) is 4.88 Å². The Morgan fingerprint density at radius 3 is 3.09 bits per heavy atom. The summed E-state index contributed by atoms with van der Waals surface area (Å²) in [7, 11) is 0. The molecule has 0 aliphatic carbocycles. The average Bonchev–Trinajstić information content (AvgIpc) is 3.25. The van der Waals surface area contributed by atoms with E-state index in [-0.39, 0.29) is 5.91 Å². The number of hydrogen-bond donors (Lipinski definition) is 1. The highest BCUT2D eigenvalue weighted by Gasteiger charge is 2.15. The standard InChI is InChI=1S/C15H15N3O2S2/c1-2-3-13-14(22-18-17-13)15(19)16-7-12-6-11(9-21-12)10-4-5-20-8-10/h4-6,8-9H,2-3,7H2,1H3,(H,16,19). The summed E-state index contributed by atoms with van der Waals surface area (Å²) in [6, 6.07) is 3.98. The maximum absolute atomic E-state index is 12.2. The molecule has 0 saturated heterocycles. The molecule has 0 aromatic carbocycles. The summed E-state index contributed by atoms with van der Waals surface area (Å²) in [4.78, 5) is 13.9. The molecule has 0 unspecified atom stereocenters. The molecule has 22 heavy (non-hydrogen) atoms. The highest BCUT2D eigenvalue weighted by Crippen LogP contribution is 2.26. The number of carbonyl (C=O) groups is 1. The Morgan fingerprint density at radius 1 is 1.41 bits per heavy atom. The molecule has 0 aliphatic rings. The number of thiophene rings is 1. The molecule has 0 fully saturated rings. The Balaban J connectivity index is 1.62. The number of hydrogen-bond acceptors (Lipinski definition) is 6. The zero-order valence-corrected chi connectivity index (χ0v) is 13.7. The molecule has 0 aliphatic heterocycles. The van der Waals surface area contributed by atoms with Gasteiger partial charge in [0, 0.05) is 10.4 Å². The van der Waals surface area contributed by atoms with Crippen molar-refractivity contribution in [3.63, 3.8) is 0 Å². The predicted octanol–water partition coefficient (Wildman–Crippen LogP) is 3.74. The average molecular weight is 333 g/mol. The van der Waals surface area contributed by atoms with Gasteiger partial charge < -0.3 is 9.73 Å². The largest absolute Gasteiger partial charge is 0.472 e. The fraction of sp³-hybridized carbons (Fsp3) is 0.267. The Kier molecular flexibility index (Phi) is 4.65. The number of amides is 1. The maximum atomic E-state index is 12.2. The third-order valence-electron chi connectivity index (χ3n) is 3.18. The minimum Gasteiger partial charge on any atom is -0.472 e. The van der Waals surface area contributed by atoms with E-state index in [1.807, 2.05) is 6.07 Å². The first-order valence-corrected chi connectivity index (χ1v) is 8.62. The molecule has 0 bridgehead atoms. The van der Waals surface area contributed by atoms with Crippen LogP contribution in [0.2, 0.25) is 0 Å². The maximum Gasteiger partial charge on any atom is 0.265 e. The van der Waals surface area contributed by atoms with Crippen molar-refractivity contribution in [1.29, 1.82) is 0 Å². The van der Waals surface area contributed by atoms with Gasteiger partial charge in [0.15, 0.2) is 0 Å². The van der Waals surface area contributed by atoms with Crippen LogP contribution >= 0.6 is 22.9 Å². The quantitative estimate of drug-likeness (QED) is 0.746. The molecular formula is C15H15N3O2S2. The lowest BCUT2D eigenvalue weighted by Crippen LogP contribution is -2.22. The van der Waals surface area contributed by atoms with Gasteiger partial charge in [-0.3, -0.25) is 4.79 Å². The lowest BCUT2D eigenvalue weighted by Gasteiger charge is -2.02. The van der Waals surface area contributed by atoms with Crippen LogP contribution in [0.4, 0.5) is 0 Å². The summed E-state index contributed by atoms with van der Waals surface area (Å²) >= 11 is 2.77. The third-order valence-corrected chi connectivity index (χ3v) is 4.88. The zero-order chi connectivity index (χ0) is 15.4. The monoisotopic (exact) mass is 333 g/mol. The minimum atomic E-state index is -0.100. The zero-order valence-electron chi connectivity index (χ0n) is 12.0. The Morgan fingerprint density at radius 2 is 2.32 bits per heavy atom. The SMILES string of the molecule is CCCc1nnsc1C(=O)NCc1cc(-c2ccoc2)cs1. The van der Waals surface area contributed by atoms with Crippen LogP contribution in [-0.2, 0) is 13.0 Å². The lowest BCUT2D eigenvalue weighted by molar-refractivity contribution is 0.0954. The van der Waals surface area contributed by atoms with Crippen molar-refractivity contribution in [2.45, 2.75) is 26.3 Å². The van der Waals surface area contributed by atoms with Gasteiger partial charge in [-0.05, 0) is 41.0 Å². The molecule has 1 amide bonds. The molecule has 3 heterocycles. The van der Waals surface area contributed by atoms with Crippen molar-refractivity contribution in [1.82, 2.24) is 14.9 Å². The molecule has 5 nitrogen and oxygen atoms in total. The molecule has 0 saturated carbocycles. The molecule has 3 rings (SSSR count). The van der Waals surface area contributed by atoms with Crippen molar-refractivity contribution in [3.05, 3.63) is 45.5 Å². The molecule has 0 spiro atoms. The smallest absolute Gasteiger partial charge is 0.265 e. The van der Waals surface area contributed by atoms with Gasteiger partial charge in [-0.1, -0.05) is 17.8 Å². The van der Waals surface area contributed by atoms with Crippen molar-refractivity contribution in [3.8, 4) is 11.1 Å². The normalized spacial score (nSPS) is 10.8. The molecule has 7 heteroatoms. The fourth-order valence-corrected chi connectivity index (χ4v) is 3.54. The van der Waals surface area contributed by atoms with E-state index in [0.717, 1.165) is 46.1 Å². The van der Waals surface area contributed by atoms with E-state index < -0.39 is 0 Å². The van der Waals surface area contributed by atoms with E-state index in [9.17, 15) is 4.79 Å². The molecular weight excluding hydrogens is 318 g/mol. The van der Waals surface area contributed by atoms with Crippen molar-refractivity contribution < 1.29 is 9.21 Å². The second-order valence-electron chi connectivity index (χ2n) is 4.80. The van der Waals surface area contributed by atoms with Crippen LogP contribution in [0.5, 0.6) is 0 Å². The van der Waals surface area contributed by atoms with Crippen LogP contribution in [-0.4, -0.2) is 15.5 Å². The predicted molar refractivity (Wildman–Crippen MR) is 87.1 cm³/mol. The summed E-state index contributed by atoms with van der Waals surface area (Å²) in [6.45, 7) is 2.56. The van der Waals surface area contributed by atoms with E-state index in [1.165, 1.54) is 0 Å². The van der Waals surface area contributed by atoms with E-state index in [2.05, 4.69) is 33.3 Å². The van der Waals surface area contributed by atoms with Crippen LogP contribution in [0.1, 0.15) is 33.6 Å². The Bertz CT molecular complexity index is 747. The molecule has 0 atom stereocenters. The topological polar surface area (TPSA) is 68.0 Å². The second-order valence-corrected chi connectivity index (χ2v) is 6.55. The summed E-state index contributed by atoms with van der Waals surface area (Å²) in [5, 5.41) is 9.02. The highest BCUT2D eigenvalue weighted by molar-refractivity contribution is 7.10. The minimum absolute atomic E-state index is 0.100. The Hall–Kier alpha value is -1.99. The first kappa shape index (κ1) is 14.9. The molecule has 114 valence electrons. The number of furan rings is 1. The number of nitrogens with zero attached hydrogens (tertiary/aromatic N) is 2. The van der Waals surface area contributed by atoms with Crippen LogP contribution in [0.15, 0.2) is 34.5 Å². The van der Waals surface area contributed by atoms with Gasteiger partial charge in [0.25, 0.3) is 5.91 Å². The Labute approximate surface area is 136 Å². The van der Waals surface area contributed by atoms with Gasteiger partial charge >= 0.3 is 0 Å². The van der Waals surface area contributed by atoms with Crippen LogP contribution in [0.3, 0.4) is 0 Å². The van der Waals surface area contributed by atoms with Gasteiger partial charge in [-0.2, -0.15) is 0 Å². The van der Waals surface area contributed by atoms with E-state index in [0.29, 0.717) is 11.4 Å². The lowest BCUT2D eigenvalue weighted by atomic mass is 10.2. The van der Waals surface area contributed by atoms with E-state index >= 15 is 0 Å². The van der Waals surface area contributed by atoms with Gasteiger partial charge in [-0.15, -0.1) is 16.4 Å². The van der Waals surface area contributed by atoms with Crippen LogP contribution < -0.4 is 5.32 Å². The number of aryl methyl sites for hydroxylation is 1. The summed E-state index contributed by atoms with van der Waals surface area (Å²) in [5.74, 6) is -0.100. The molecule has 3 aromatic heterocycles. The van der Waals surface area contributed by atoms with Crippen LogP contribution in [0, 0.1) is 0 Å². The molecule has 0 radical (unpaired) electrons. The van der Waals surface area contributed by atoms with Gasteiger partial charge in [-0.25, -0.2) is 0 Å². The first-order chi connectivity index (χ1) is 10.8. The van der Waals surface area contributed by atoms with Crippen molar-refractivity contribution >= 4 is 28.8 Å². The fourth-order valence-electron chi connectivity index (χ4n) is 2.08. The number of rotatable bonds is 6. The summed E-state index contributed by atoms with van der Waals surface area (Å²) < 4.78 is 8.96. The van der Waals surface area contributed by atoms with E-state index in [4.69, 9.17) is 4.42 Å². The summed E-state index contributed by atoms with van der Waals surface area (Å²) in [5.41, 5.74) is 2.94. The molecule has 1 N–H and O–H groups in total. The highest BCUT2D eigenvalue weighted by atomic mass is 32.1. The van der Waals surface area contributed by atoms with Crippen LogP contribution in [0.25, 0.3) is 11.1 Å². The molecule has 3 aromatic rings. The van der Waals surface area contributed by atoms with Crippen molar-refractivity contribution in [2.24, 2.45) is 0 Å². The number of aromatic nitrogens is 2.